The lowest BCUT2D eigenvalue weighted by Gasteiger charge is -2.11. The van der Waals surface area contributed by atoms with Gasteiger partial charge < -0.3 is 23.9 Å². The van der Waals surface area contributed by atoms with Gasteiger partial charge in [-0.2, -0.15) is 0 Å². The average molecular weight is 307 g/mol. The number of aromatic nitrogens is 2. The molecule has 0 atom stereocenters. The molecule has 0 fully saturated rings. The van der Waals surface area contributed by atoms with E-state index in [2.05, 4.69) is 10.5 Å². The third-order valence-electron chi connectivity index (χ3n) is 2.85. The van der Waals surface area contributed by atoms with E-state index in [0.717, 1.165) is 0 Å². The van der Waals surface area contributed by atoms with Crippen LogP contribution < -0.4 is 15.6 Å². The number of nitrogens with zero attached hydrogens (tertiary/aromatic N) is 2. The van der Waals surface area contributed by atoms with Crippen LogP contribution in [0.25, 0.3) is 0 Å². The summed E-state index contributed by atoms with van der Waals surface area (Å²) in [6, 6.07) is 2.85. The van der Waals surface area contributed by atoms with E-state index in [-0.39, 0.29) is 23.5 Å². The number of methoxy groups -OCH3 is 1. The van der Waals surface area contributed by atoms with E-state index >= 15 is 0 Å². The monoisotopic (exact) mass is 307 g/mol. The number of carbonyl (C=O) groups excluding carboxylic acids is 1. The Hall–Kier alpha value is -2.61. The maximum Gasteiger partial charge on any atom is 0.262 e. The molecule has 1 amide bonds. The zero-order valence-electron chi connectivity index (χ0n) is 12.6. The van der Waals surface area contributed by atoms with Gasteiger partial charge in [0.2, 0.25) is 0 Å². The number of amides is 1. The first-order valence-corrected chi connectivity index (χ1v) is 6.58. The molecule has 22 heavy (non-hydrogen) atoms. The number of nitrogens with one attached hydrogen (secondary N) is 1. The molecule has 0 unspecified atom stereocenters. The predicted molar refractivity (Wildman–Crippen MR) is 78.2 cm³/mol. The Labute approximate surface area is 126 Å². The summed E-state index contributed by atoms with van der Waals surface area (Å²) in [5.41, 5.74) is -0.0555. The van der Waals surface area contributed by atoms with Crippen LogP contribution in [0, 0.1) is 6.92 Å². The van der Waals surface area contributed by atoms with Crippen molar-refractivity contribution in [1.29, 1.82) is 0 Å². The van der Waals surface area contributed by atoms with Crippen LogP contribution in [-0.4, -0.2) is 36.0 Å². The van der Waals surface area contributed by atoms with Crippen molar-refractivity contribution in [3.05, 3.63) is 40.0 Å². The van der Waals surface area contributed by atoms with Crippen molar-refractivity contribution in [2.75, 3.05) is 25.6 Å². The molecule has 0 aliphatic carbocycles. The molecular formula is C14H17N3O5. The summed E-state index contributed by atoms with van der Waals surface area (Å²) in [7, 11) is 3.09. The summed E-state index contributed by atoms with van der Waals surface area (Å²) in [6.45, 7) is 2.29. The van der Waals surface area contributed by atoms with Crippen molar-refractivity contribution in [2.24, 2.45) is 7.05 Å². The second-order valence-corrected chi connectivity index (χ2v) is 4.62. The molecule has 0 aromatic carbocycles. The summed E-state index contributed by atoms with van der Waals surface area (Å²) in [6.07, 6.45) is 1.41. The van der Waals surface area contributed by atoms with Crippen LogP contribution in [0.2, 0.25) is 0 Å². The van der Waals surface area contributed by atoms with Crippen LogP contribution in [0.3, 0.4) is 0 Å². The molecule has 2 heterocycles. The Balaban J connectivity index is 2.25. The van der Waals surface area contributed by atoms with Gasteiger partial charge in [0, 0.05) is 32.5 Å². The van der Waals surface area contributed by atoms with E-state index in [4.69, 9.17) is 14.0 Å². The average Bonchev–Trinajstić information content (AvgIpc) is 2.87. The minimum Gasteiger partial charge on any atom is -0.490 e. The second kappa shape index (κ2) is 6.90. The van der Waals surface area contributed by atoms with Gasteiger partial charge in [-0.05, 0) is 6.92 Å². The first-order valence-electron chi connectivity index (χ1n) is 6.58. The lowest BCUT2D eigenvalue weighted by Crippen LogP contribution is -2.22. The Morgan fingerprint density at radius 3 is 2.82 bits per heavy atom. The lowest BCUT2D eigenvalue weighted by atomic mass is 10.2. The van der Waals surface area contributed by atoms with Crippen LogP contribution in [0.15, 0.2) is 27.6 Å². The molecule has 0 aliphatic heterocycles. The molecule has 1 N–H and O–H groups in total. The number of aryl methyl sites for hydroxylation is 2. The van der Waals surface area contributed by atoms with Crippen LogP contribution in [-0.2, 0) is 11.8 Å². The lowest BCUT2D eigenvalue weighted by molar-refractivity contribution is 0.101. The van der Waals surface area contributed by atoms with Crippen molar-refractivity contribution < 1.29 is 18.8 Å². The van der Waals surface area contributed by atoms with Gasteiger partial charge in [0.05, 0.1) is 12.2 Å². The van der Waals surface area contributed by atoms with Gasteiger partial charge in [-0.3, -0.25) is 9.59 Å². The maximum atomic E-state index is 12.3. The predicted octanol–water partition coefficient (Wildman–Crippen LogP) is 0.959. The number of anilines is 1. The minimum atomic E-state index is -0.448. The molecular weight excluding hydrogens is 290 g/mol. The fourth-order valence-corrected chi connectivity index (χ4v) is 1.75. The number of hydrogen-bond donors (Lipinski definition) is 1. The topological polar surface area (TPSA) is 95.6 Å². The molecule has 8 heteroatoms. The van der Waals surface area contributed by atoms with Gasteiger partial charge in [-0.15, -0.1) is 0 Å². The Morgan fingerprint density at radius 1 is 1.41 bits per heavy atom. The Bertz CT molecular complexity index is 720. The molecule has 118 valence electrons. The molecule has 0 radical (unpaired) electrons. The smallest absolute Gasteiger partial charge is 0.262 e. The Kier molecular flexibility index (Phi) is 4.95. The van der Waals surface area contributed by atoms with Gasteiger partial charge in [-0.1, -0.05) is 5.16 Å². The summed E-state index contributed by atoms with van der Waals surface area (Å²) < 4.78 is 16.5. The van der Waals surface area contributed by atoms with Crippen LogP contribution in [0.1, 0.15) is 16.1 Å². The van der Waals surface area contributed by atoms with Crippen LogP contribution in [0.5, 0.6) is 5.75 Å². The first kappa shape index (κ1) is 15.8. The van der Waals surface area contributed by atoms with E-state index in [1.54, 1.807) is 20.0 Å². The van der Waals surface area contributed by atoms with Gasteiger partial charge in [0.1, 0.15) is 18.1 Å². The molecule has 0 saturated carbocycles. The maximum absolute atomic E-state index is 12.3. The molecule has 0 spiro atoms. The summed E-state index contributed by atoms with van der Waals surface area (Å²) in [5, 5.41) is 6.28. The first-order chi connectivity index (χ1) is 10.5. The second-order valence-electron chi connectivity index (χ2n) is 4.62. The third kappa shape index (κ3) is 3.73. The van der Waals surface area contributed by atoms with E-state index in [0.29, 0.717) is 18.2 Å². The van der Waals surface area contributed by atoms with E-state index in [1.807, 2.05) is 0 Å². The molecule has 0 aliphatic rings. The van der Waals surface area contributed by atoms with Gasteiger partial charge >= 0.3 is 0 Å². The van der Waals surface area contributed by atoms with Gasteiger partial charge in [0.25, 0.3) is 11.5 Å². The van der Waals surface area contributed by atoms with Crippen molar-refractivity contribution >= 4 is 11.7 Å². The van der Waals surface area contributed by atoms with E-state index < -0.39 is 5.91 Å². The number of pyridine rings is 1. The number of hydrogen-bond acceptors (Lipinski definition) is 6. The fourth-order valence-electron chi connectivity index (χ4n) is 1.75. The fraction of sp³-hybridized carbons (Fsp3) is 0.357. The van der Waals surface area contributed by atoms with Crippen molar-refractivity contribution in [3.63, 3.8) is 0 Å². The highest BCUT2D eigenvalue weighted by Gasteiger charge is 2.16. The number of rotatable bonds is 6. The van der Waals surface area contributed by atoms with Gasteiger partial charge in [-0.25, -0.2) is 0 Å². The molecule has 2 aromatic heterocycles. The molecule has 0 saturated heterocycles. The Morgan fingerprint density at radius 2 is 2.18 bits per heavy atom. The SMILES string of the molecule is COCCOc1cc(=O)n(C)cc1C(=O)Nc1cc(C)on1. The molecule has 8 nitrogen and oxygen atoms in total. The van der Waals surface area contributed by atoms with Crippen molar-refractivity contribution in [2.45, 2.75) is 6.92 Å². The zero-order valence-corrected chi connectivity index (χ0v) is 12.6. The minimum absolute atomic E-state index is 0.192. The van der Waals surface area contributed by atoms with Crippen LogP contribution in [0.4, 0.5) is 5.82 Å². The summed E-state index contributed by atoms with van der Waals surface area (Å²) in [4.78, 5) is 24.0. The highest BCUT2D eigenvalue weighted by Crippen LogP contribution is 2.18. The van der Waals surface area contributed by atoms with E-state index in [9.17, 15) is 9.59 Å². The summed E-state index contributed by atoms with van der Waals surface area (Å²) in [5.74, 6) is 0.612. The number of ether oxygens (including phenoxy) is 2. The highest BCUT2D eigenvalue weighted by atomic mass is 16.5. The van der Waals surface area contributed by atoms with Gasteiger partial charge in [0.15, 0.2) is 5.82 Å². The largest absolute Gasteiger partial charge is 0.490 e. The van der Waals surface area contributed by atoms with E-state index in [1.165, 1.54) is 23.9 Å². The molecule has 0 bridgehead atoms. The van der Waals surface area contributed by atoms with Crippen molar-refractivity contribution in [3.8, 4) is 5.75 Å². The number of carbonyl (C=O) groups is 1. The quantitative estimate of drug-likeness (QED) is 0.799. The summed E-state index contributed by atoms with van der Waals surface area (Å²) >= 11 is 0. The normalized spacial score (nSPS) is 10.5. The zero-order chi connectivity index (χ0) is 16.1. The van der Waals surface area contributed by atoms with Crippen molar-refractivity contribution in [1.82, 2.24) is 9.72 Å². The molecule has 2 aromatic rings. The highest BCUT2D eigenvalue weighted by molar-refractivity contribution is 6.05. The van der Waals surface area contributed by atoms with Crippen LogP contribution >= 0.6 is 0 Å². The third-order valence-corrected chi connectivity index (χ3v) is 2.85. The molecule has 2 rings (SSSR count). The standard InChI is InChI=1S/C14H17N3O5/c1-9-6-12(16-22-9)15-14(19)10-8-17(2)13(18)7-11(10)21-5-4-20-3/h6-8H,4-5H2,1-3H3,(H,15,16,19).